The Labute approximate surface area is 171 Å². The summed E-state index contributed by atoms with van der Waals surface area (Å²) in [4.78, 5) is 24.1. The topological polar surface area (TPSA) is 92.8 Å². The number of Topliss-reactive ketones (excluding diaryl/α,β-unsaturated/α-hetero) is 1. The maximum atomic E-state index is 12.5. The van der Waals surface area contributed by atoms with Gasteiger partial charge in [0.15, 0.2) is 5.78 Å². The lowest BCUT2D eigenvalue weighted by Crippen LogP contribution is -2.41. The van der Waals surface area contributed by atoms with E-state index >= 15 is 0 Å². The molecule has 0 heterocycles. The number of benzene rings is 2. The maximum Gasteiger partial charge on any atom is 0.241 e. The van der Waals surface area contributed by atoms with Crippen LogP contribution >= 0.6 is 0 Å². The Morgan fingerprint density at radius 1 is 1.14 bits per heavy atom. The van der Waals surface area contributed by atoms with E-state index in [-0.39, 0.29) is 24.1 Å². The van der Waals surface area contributed by atoms with Crippen LogP contribution in [0.5, 0.6) is 5.75 Å². The van der Waals surface area contributed by atoms with Gasteiger partial charge in [-0.2, -0.15) is 0 Å². The number of nitrogens with one attached hydrogen (secondary N) is 1. The van der Waals surface area contributed by atoms with Crippen LogP contribution in [0.1, 0.15) is 42.7 Å². The third-order valence-electron chi connectivity index (χ3n) is 4.30. The Hall–Kier alpha value is -2.87. The number of rotatable bonds is 9. The first-order valence-electron chi connectivity index (χ1n) is 9.22. The Morgan fingerprint density at radius 3 is 2.34 bits per heavy atom. The van der Waals surface area contributed by atoms with Gasteiger partial charge in [-0.3, -0.25) is 13.9 Å². The zero-order valence-electron chi connectivity index (χ0n) is 17.0. The summed E-state index contributed by atoms with van der Waals surface area (Å²) >= 11 is 0. The standard InChI is InChI=1S/C21H26N2O5S/c1-5-28-20-11-9-17(10-12-20)15(2)22-21(25)14-23(29(4,26)27)19-8-6-7-18(13-19)16(3)24/h6-13,15H,5,14H2,1-4H3,(H,22,25). The predicted molar refractivity (Wildman–Crippen MR) is 113 cm³/mol. The Bertz CT molecular complexity index is 971. The summed E-state index contributed by atoms with van der Waals surface area (Å²) in [6.45, 7) is 5.29. The maximum absolute atomic E-state index is 12.5. The molecule has 2 rings (SSSR count). The second kappa shape index (κ2) is 9.56. The van der Waals surface area contributed by atoms with Gasteiger partial charge in [0.05, 0.1) is 24.6 Å². The molecule has 0 aliphatic heterocycles. The minimum atomic E-state index is -3.72. The molecule has 0 spiro atoms. The van der Waals surface area contributed by atoms with Gasteiger partial charge >= 0.3 is 0 Å². The van der Waals surface area contributed by atoms with Gasteiger partial charge in [0, 0.05) is 5.56 Å². The summed E-state index contributed by atoms with van der Waals surface area (Å²) in [6.07, 6.45) is 1.02. The molecule has 1 amide bonds. The van der Waals surface area contributed by atoms with Crippen molar-refractivity contribution in [1.82, 2.24) is 5.32 Å². The quantitative estimate of drug-likeness (QED) is 0.632. The summed E-state index contributed by atoms with van der Waals surface area (Å²) in [5.41, 5.74) is 1.51. The van der Waals surface area contributed by atoms with Gasteiger partial charge in [0.1, 0.15) is 12.3 Å². The molecule has 1 N–H and O–H groups in total. The Kier molecular flexibility index (Phi) is 7.39. The van der Waals surface area contributed by atoms with Crippen molar-refractivity contribution < 1.29 is 22.7 Å². The van der Waals surface area contributed by atoms with Crippen molar-refractivity contribution >= 4 is 27.4 Å². The summed E-state index contributed by atoms with van der Waals surface area (Å²) in [5.74, 6) is 0.0993. The predicted octanol–water partition coefficient (Wildman–Crippen LogP) is 2.93. The summed E-state index contributed by atoms with van der Waals surface area (Å²) in [5, 5.41) is 2.80. The molecule has 0 radical (unpaired) electrons. The van der Waals surface area contributed by atoms with Gasteiger partial charge in [0.25, 0.3) is 0 Å². The number of hydrogen-bond acceptors (Lipinski definition) is 5. The fraction of sp³-hybridized carbons (Fsp3) is 0.333. The number of nitrogens with zero attached hydrogens (tertiary/aromatic N) is 1. The second-order valence-electron chi connectivity index (χ2n) is 6.67. The first kappa shape index (κ1) is 22.4. The molecule has 0 aliphatic rings. The van der Waals surface area contributed by atoms with Gasteiger partial charge < -0.3 is 10.1 Å². The van der Waals surface area contributed by atoms with Gasteiger partial charge in [-0.05, 0) is 50.6 Å². The van der Waals surface area contributed by atoms with Crippen molar-refractivity contribution in [1.29, 1.82) is 0 Å². The highest BCUT2D eigenvalue weighted by molar-refractivity contribution is 7.92. The second-order valence-corrected chi connectivity index (χ2v) is 8.57. The number of carbonyl (C=O) groups excluding carboxylic acids is 2. The minimum absolute atomic E-state index is 0.186. The minimum Gasteiger partial charge on any atom is -0.494 e. The van der Waals surface area contributed by atoms with Crippen molar-refractivity contribution in [3.8, 4) is 5.75 Å². The van der Waals surface area contributed by atoms with E-state index < -0.39 is 15.9 Å². The molecular weight excluding hydrogens is 392 g/mol. The third-order valence-corrected chi connectivity index (χ3v) is 5.44. The van der Waals surface area contributed by atoms with E-state index in [0.29, 0.717) is 12.2 Å². The average molecular weight is 419 g/mol. The van der Waals surface area contributed by atoms with Crippen LogP contribution in [-0.4, -0.2) is 39.5 Å². The molecule has 0 saturated heterocycles. The van der Waals surface area contributed by atoms with Crippen LogP contribution in [-0.2, 0) is 14.8 Å². The van der Waals surface area contributed by atoms with Crippen molar-refractivity contribution in [2.45, 2.75) is 26.8 Å². The number of ketones is 1. The van der Waals surface area contributed by atoms with Crippen LogP contribution in [0.3, 0.4) is 0 Å². The van der Waals surface area contributed by atoms with E-state index in [1.54, 1.807) is 18.2 Å². The highest BCUT2D eigenvalue weighted by atomic mass is 32.2. The molecule has 2 aromatic carbocycles. The van der Waals surface area contributed by atoms with E-state index in [2.05, 4.69) is 5.32 Å². The first-order chi connectivity index (χ1) is 13.6. The van der Waals surface area contributed by atoms with Crippen molar-refractivity contribution in [3.05, 3.63) is 59.7 Å². The molecule has 1 unspecified atom stereocenters. The van der Waals surface area contributed by atoms with Crippen LogP contribution in [0.15, 0.2) is 48.5 Å². The lowest BCUT2D eigenvalue weighted by molar-refractivity contribution is -0.120. The number of carbonyl (C=O) groups is 2. The van der Waals surface area contributed by atoms with Crippen molar-refractivity contribution in [2.75, 3.05) is 23.7 Å². The van der Waals surface area contributed by atoms with E-state index in [9.17, 15) is 18.0 Å². The average Bonchev–Trinajstić information content (AvgIpc) is 2.66. The SMILES string of the molecule is CCOc1ccc(C(C)NC(=O)CN(c2cccc(C(C)=O)c2)S(C)(=O)=O)cc1. The zero-order valence-corrected chi connectivity index (χ0v) is 17.8. The molecule has 7 nitrogen and oxygen atoms in total. The third kappa shape index (κ3) is 6.32. The molecular formula is C21H26N2O5S. The number of amides is 1. The highest BCUT2D eigenvalue weighted by Crippen LogP contribution is 2.21. The van der Waals surface area contributed by atoms with Gasteiger partial charge in [0.2, 0.25) is 15.9 Å². The molecule has 29 heavy (non-hydrogen) atoms. The number of sulfonamides is 1. The highest BCUT2D eigenvalue weighted by Gasteiger charge is 2.22. The van der Waals surface area contributed by atoms with Crippen LogP contribution < -0.4 is 14.4 Å². The fourth-order valence-corrected chi connectivity index (χ4v) is 3.65. The molecule has 1 atom stereocenters. The van der Waals surface area contributed by atoms with Crippen LogP contribution in [0.25, 0.3) is 0 Å². The molecule has 156 valence electrons. The molecule has 0 aromatic heterocycles. The van der Waals surface area contributed by atoms with Crippen molar-refractivity contribution in [2.24, 2.45) is 0 Å². The summed E-state index contributed by atoms with van der Waals surface area (Å²) < 4.78 is 30.9. The van der Waals surface area contributed by atoms with Crippen molar-refractivity contribution in [3.63, 3.8) is 0 Å². The van der Waals surface area contributed by atoms with Gasteiger partial charge in [-0.1, -0.05) is 24.3 Å². The fourth-order valence-electron chi connectivity index (χ4n) is 2.80. The van der Waals surface area contributed by atoms with E-state index in [1.165, 1.54) is 13.0 Å². The summed E-state index contributed by atoms with van der Waals surface area (Å²) in [6, 6.07) is 13.2. The monoisotopic (exact) mass is 418 g/mol. The summed E-state index contributed by atoms with van der Waals surface area (Å²) in [7, 11) is -3.72. The molecule has 8 heteroatoms. The Balaban J connectivity index is 2.14. The van der Waals surface area contributed by atoms with Gasteiger partial charge in [-0.15, -0.1) is 0 Å². The number of anilines is 1. The molecule has 0 aliphatic carbocycles. The van der Waals surface area contributed by atoms with E-state index in [1.807, 2.05) is 38.1 Å². The van der Waals surface area contributed by atoms with Crippen LogP contribution in [0.4, 0.5) is 5.69 Å². The van der Waals surface area contributed by atoms with Crippen LogP contribution in [0, 0.1) is 0 Å². The smallest absolute Gasteiger partial charge is 0.241 e. The molecule has 0 fully saturated rings. The normalized spacial score (nSPS) is 12.1. The zero-order chi connectivity index (χ0) is 21.6. The van der Waals surface area contributed by atoms with Crippen LogP contribution in [0.2, 0.25) is 0 Å². The van der Waals surface area contributed by atoms with E-state index in [4.69, 9.17) is 4.74 Å². The number of ether oxygens (including phenoxy) is 1. The Morgan fingerprint density at radius 2 is 1.79 bits per heavy atom. The van der Waals surface area contributed by atoms with Gasteiger partial charge in [-0.25, -0.2) is 8.42 Å². The number of hydrogen-bond donors (Lipinski definition) is 1. The molecule has 0 saturated carbocycles. The van der Waals surface area contributed by atoms with E-state index in [0.717, 1.165) is 21.9 Å². The lowest BCUT2D eigenvalue weighted by atomic mass is 10.1. The molecule has 2 aromatic rings. The molecule has 0 bridgehead atoms. The first-order valence-corrected chi connectivity index (χ1v) is 11.1. The largest absolute Gasteiger partial charge is 0.494 e. The lowest BCUT2D eigenvalue weighted by Gasteiger charge is -2.23.